The molecule has 1 fully saturated rings. The van der Waals surface area contributed by atoms with E-state index in [4.69, 9.17) is 14.2 Å². The first kappa shape index (κ1) is 12.9. The van der Waals surface area contributed by atoms with Crippen LogP contribution in [0.5, 0.6) is 0 Å². The summed E-state index contributed by atoms with van der Waals surface area (Å²) in [7, 11) is 1.73. The van der Waals surface area contributed by atoms with Crippen molar-refractivity contribution < 1.29 is 14.2 Å². The van der Waals surface area contributed by atoms with Crippen LogP contribution < -0.4 is 5.32 Å². The number of nitrogens with one attached hydrogen (secondary N) is 1. The normalized spacial score (nSPS) is 24.0. The van der Waals surface area contributed by atoms with Crippen LogP contribution >= 0.6 is 0 Å². The van der Waals surface area contributed by atoms with E-state index in [1.165, 1.54) is 0 Å². The molecule has 0 aromatic rings. The molecule has 4 heteroatoms. The lowest BCUT2D eigenvalue weighted by Crippen LogP contribution is -2.49. The lowest BCUT2D eigenvalue weighted by molar-refractivity contribution is -0.253. The Hall–Kier alpha value is -0.160. The first-order chi connectivity index (χ1) is 7.03. The van der Waals surface area contributed by atoms with Crippen LogP contribution in [0.2, 0.25) is 0 Å². The maximum absolute atomic E-state index is 5.55. The molecule has 0 saturated carbocycles. The SMILES string of the molecule is COCC(C)CNC1COC(C)(C)OC1. The first-order valence-corrected chi connectivity index (χ1v) is 5.54. The van der Waals surface area contributed by atoms with Crippen LogP contribution in [0.4, 0.5) is 0 Å². The van der Waals surface area contributed by atoms with Crippen molar-refractivity contribution in [3.05, 3.63) is 0 Å². The maximum atomic E-state index is 5.55. The zero-order valence-corrected chi connectivity index (χ0v) is 10.2. The van der Waals surface area contributed by atoms with Crippen molar-refractivity contribution in [2.24, 2.45) is 5.92 Å². The van der Waals surface area contributed by atoms with Crippen molar-refractivity contribution in [2.75, 3.05) is 33.5 Å². The molecular weight excluding hydrogens is 194 g/mol. The monoisotopic (exact) mass is 217 g/mol. The van der Waals surface area contributed by atoms with Gasteiger partial charge in [-0.1, -0.05) is 6.92 Å². The van der Waals surface area contributed by atoms with E-state index in [1.807, 2.05) is 13.8 Å². The summed E-state index contributed by atoms with van der Waals surface area (Å²) < 4.78 is 16.2. The van der Waals surface area contributed by atoms with E-state index in [9.17, 15) is 0 Å². The van der Waals surface area contributed by atoms with Crippen molar-refractivity contribution in [3.8, 4) is 0 Å². The fourth-order valence-corrected chi connectivity index (χ4v) is 1.52. The van der Waals surface area contributed by atoms with Crippen LogP contribution in [0, 0.1) is 5.92 Å². The van der Waals surface area contributed by atoms with Crippen molar-refractivity contribution in [3.63, 3.8) is 0 Å². The van der Waals surface area contributed by atoms with Gasteiger partial charge >= 0.3 is 0 Å². The minimum absolute atomic E-state index is 0.303. The van der Waals surface area contributed by atoms with Crippen LogP contribution in [-0.2, 0) is 14.2 Å². The number of hydrogen-bond acceptors (Lipinski definition) is 4. The molecule has 1 rings (SSSR count). The Morgan fingerprint density at radius 3 is 2.53 bits per heavy atom. The topological polar surface area (TPSA) is 39.7 Å². The second kappa shape index (κ2) is 5.80. The van der Waals surface area contributed by atoms with Gasteiger partial charge in [0.05, 0.1) is 19.3 Å². The summed E-state index contributed by atoms with van der Waals surface area (Å²) in [6.45, 7) is 9.19. The summed E-state index contributed by atoms with van der Waals surface area (Å²) in [4.78, 5) is 0. The highest BCUT2D eigenvalue weighted by molar-refractivity contribution is 4.73. The fraction of sp³-hybridized carbons (Fsp3) is 1.00. The van der Waals surface area contributed by atoms with E-state index < -0.39 is 5.79 Å². The van der Waals surface area contributed by atoms with E-state index >= 15 is 0 Å². The average molecular weight is 217 g/mol. The standard InChI is InChI=1S/C11H23NO3/c1-9(6-13-4)5-12-10-7-14-11(2,3)15-8-10/h9-10,12H,5-8H2,1-4H3. The Bertz CT molecular complexity index is 175. The number of ether oxygens (including phenoxy) is 3. The minimum atomic E-state index is -0.420. The molecular formula is C11H23NO3. The third-order valence-electron chi connectivity index (χ3n) is 2.47. The second-order valence-electron chi connectivity index (χ2n) is 4.69. The van der Waals surface area contributed by atoms with E-state index in [2.05, 4.69) is 12.2 Å². The van der Waals surface area contributed by atoms with Gasteiger partial charge in [0, 0.05) is 20.3 Å². The molecule has 1 unspecified atom stereocenters. The molecule has 15 heavy (non-hydrogen) atoms. The van der Waals surface area contributed by atoms with Crippen LogP contribution in [0.1, 0.15) is 20.8 Å². The lowest BCUT2D eigenvalue weighted by Gasteiger charge is -2.35. The summed E-state index contributed by atoms with van der Waals surface area (Å²) >= 11 is 0. The van der Waals surface area contributed by atoms with Crippen LogP contribution in [-0.4, -0.2) is 45.3 Å². The molecule has 0 aliphatic carbocycles. The Balaban J connectivity index is 2.13. The molecule has 1 saturated heterocycles. The van der Waals surface area contributed by atoms with Crippen LogP contribution in [0.25, 0.3) is 0 Å². The Morgan fingerprint density at radius 1 is 1.40 bits per heavy atom. The number of rotatable bonds is 5. The molecule has 0 aromatic heterocycles. The molecule has 1 aliphatic heterocycles. The molecule has 0 amide bonds. The van der Waals surface area contributed by atoms with Crippen molar-refractivity contribution in [2.45, 2.75) is 32.6 Å². The molecule has 4 nitrogen and oxygen atoms in total. The quantitative estimate of drug-likeness (QED) is 0.746. The summed E-state index contributed by atoms with van der Waals surface area (Å²) in [5.74, 6) is 0.0981. The van der Waals surface area contributed by atoms with Gasteiger partial charge in [0.1, 0.15) is 0 Å². The van der Waals surface area contributed by atoms with Gasteiger partial charge in [-0.2, -0.15) is 0 Å². The van der Waals surface area contributed by atoms with Crippen molar-refractivity contribution in [1.29, 1.82) is 0 Å². The highest BCUT2D eigenvalue weighted by Gasteiger charge is 2.27. The molecule has 1 N–H and O–H groups in total. The summed E-state index contributed by atoms with van der Waals surface area (Å²) in [6.07, 6.45) is 0. The molecule has 90 valence electrons. The smallest absolute Gasteiger partial charge is 0.162 e. The first-order valence-electron chi connectivity index (χ1n) is 5.54. The Kier molecular flexibility index (Phi) is 4.99. The largest absolute Gasteiger partial charge is 0.384 e. The molecule has 0 radical (unpaired) electrons. The van der Waals surface area contributed by atoms with Gasteiger partial charge in [-0.25, -0.2) is 0 Å². The van der Waals surface area contributed by atoms with Gasteiger partial charge in [-0.15, -0.1) is 0 Å². The Labute approximate surface area is 92.3 Å². The van der Waals surface area contributed by atoms with E-state index in [-0.39, 0.29) is 0 Å². The molecule has 1 atom stereocenters. The summed E-state index contributed by atoms with van der Waals surface area (Å²) in [6, 6.07) is 0.303. The van der Waals surface area contributed by atoms with Gasteiger partial charge in [0.2, 0.25) is 0 Å². The highest BCUT2D eigenvalue weighted by Crippen LogP contribution is 2.16. The predicted molar refractivity (Wildman–Crippen MR) is 58.8 cm³/mol. The van der Waals surface area contributed by atoms with Gasteiger partial charge in [-0.05, 0) is 19.8 Å². The van der Waals surface area contributed by atoms with Gasteiger partial charge < -0.3 is 19.5 Å². The lowest BCUT2D eigenvalue weighted by atomic mass is 10.2. The van der Waals surface area contributed by atoms with E-state index in [0.717, 1.165) is 13.2 Å². The minimum Gasteiger partial charge on any atom is -0.384 e. The van der Waals surface area contributed by atoms with Gasteiger partial charge in [-0.3, -0.25) is 0 Å². The maximum Gasteiger partial charge on any atom is 0.162 e. The molecule has 0 aromatic carbocycles. The highest BCUT2D eigenvalue weighted by atomic mass is 16.7. The number of hydrogen-bond donors (Lipinski definition) is 1. The zero-order chi connectivity index (χ0) is 11.3. The summed E-state index contributed by atoms with van der Waals surface area (Å²) in [5, 5.41) is 3.41. The molecule has 0 spiro atoms. The zero-order valence-electron chi connectivity index (χ0n) is 10.2. The molecule has 1 aliphatic rings. The average Bonchev–Trinajstić information content (AvgIpc) is 2.17. The van der Waals surface area contributed by atoms with Gasteiger partial charge in [0.25, 0.3) is 0 Å². The third-order valence-corrected chi connectivity index (χ3v) is 2.47. The van der Waals surface area contributed by atoms with Gasteiger partial charge in [0.15, 0.2) is 5.79 Å². The Morgan fingerprint density at radius 2 is 2.00 bits per heavy atom. The van der Waals surface area contributed by atoms with Crippen molar-refractivity contribution in [1.82, 2.24) is 5.32 Å². The van der Waals surface area contributed by atoms with Crippen molar-refractivity contribution >= 4 is 0 Å². The summed E-state index contributed by atoms with van der Waals surface area (Å²) in [5.41, 5.74) is 0. The second-order valence-corrected chi connectivity index (χ2v) is 4.69. The van der Waals surface area contributed by atoms with Crippen LogP contribution in [0.15, 0.2) is 0 Å². The predicted octanol–water partition coefficient (Wildman–Crippen LogP) is 1.01. The number of methoxy groups -OCH3 is 1. The third kappa shape index (κ3) is 4.93. The fourth-order valence-electron chi connectivity index (χ4n) is 1.52. The molecule has 1 heterocycles. The van der Waals surface area contributed by atoms with E-state index in [1.54, 1.807) is 7.11 Å². The van der Waals surface area contributed by atoms with Crippen LogP contribution in [0.3, 0.4) is 0 Å². The molecule has 0 bridgehead atoms. The van der Waals surface area contributed by atoms with E-state index in [0.29, 0.717) is 25.2 Å².